The van der Waals surface area contributed by atoms with Crippen LogP contribution in [0.25, 0.3) is 99.4 Å². The highest BCUT2D eigenvalue weighted by Crippen LogP contribution is 2.63. The first-order chi connectivity index (χ1) is 28.8. The molecule has 0 atom stereocenters. The Labute approximate surface area is 335 Å². The fraction of sp³-hybridized carbons (Fsp3) is 0.0179. The van der Waals surface area contributed by atoms with Crippen molar-refractivity contribution in [3.63, 3.8) is 0 Å². The Morgan fingerprint density at radius 1 is 0.345 bits per heavy atom. The van der Waals surface area contributed by atoms with Gasteiger partial charge in [0.1, 0.15) is 11.2 Å². The van der Waals surface area contributed by atoms with Crippen LogP contribution in [0.1, 0.15) is 22.3 Å². The van der Waals surface area contributed by atoms with Gasteiger partial charge < -0.3 is 4.42 Å². The van der Waals surface area contributed by atoms with Crippen molar-refractivity contribution in [2.75, 3.05) is 0 Å². The fourth-order valence-electron chi connectivity index (χ4n) is 10.5. The number of hydrogen-bond acceptors (Lipinski definition) is 2. The molecule has 2 heteroatoms. The summed E-state index contributed by atoms with van der Waals surface area (Å²) in [6.45, 7) is 0. The summed E-state index contributed by atoms with van der Waals surface area (Å²) in [5.74, 6) is 0. The highest BCUT2D eigenvalue weighted by molar-refractivity contribution is 6.27. The minimum Gasteiger partial charge on any atom is -0.456 e. The molecule has 1 spiro atoms. The van der Waals surface area contributed by atoms with Crippen LogP contribution in [0.15, 0.2) is 205 Å². The summed E-state index contributed by atoms with van der Waals surface area (Å²) in [5.41, 5.74) is 19.8. The lowest BCUT2D eigenvalue weighted by atomic mass is 9.70. The third-order valence-corrected chi connectivity index (χ3v) is 12.9. The summed E-state index contributed by atoms with van der Waals surface area (Å²) in [5, 5.41) is 5.66. The molecule has 2 aliphatic carbocycles. The Morgan fingerprint density at radius 2 is 0.897 bits per heavy atom. The monoisotopic (exact) mass is 735 g/mol. The van der Waals surface area contributed by atoms with Gasteiger partial charge in [0.25, 0.3) is 0 Å². The van der Waals surface area contributed by atoms with Crippen LogP contribution >= 0.6 is 0 Å². The van der Waals surface area contributed by atoms with Crippen molar-refractivity contribution in [2.45, 2.75) is 5.41 Å². The van der Waals surface area contributed by atoms with E-state index in [4.69, 9.17) is 9.40 Å². The summed E-state index contributed by atoms with van der Waals surface area (Å²) in [6.07, 6.45) is 0. The van der Waals surface area contributed by atoms with Crippen LogP contribution in [0.5, 0.6) is 0 Å². The fourth-order valence-corrected chi connectivity index (χ4v) is 10.5. The number of rotatable bonds is 3. The lowest BCUT2D eigenvalue weighted by molar-refractivity contribution is 0.669. The second-order valence-corrected chi connectivity index (χ2v) is 15.7. The van der Waals surface area contributed by atoms with E-state index in [9.17, 15) is 0 Å². The van der Waals surface area contributed by atoms with Crippen LogP contribution < -0.4 is 0 Å². The number of pyridine rings is 1. The van der Waals surface area contributed by atoms with Crippen molar-refractivity contribution in [2.24, 2.45) is 0 Å². The molecule has 268 valence electrons. The molecule has 58 heavy (non-hydrogen) atoms. The standard InChI is InChI=1S/C56H33NO/c1-2-14-35(15-3-1)52-53-41-19-7-12-24-49(41)57-55(44(53)33-51-54(52)42-20-8-13-25-50(42)58-51)36-28-26-34(27-29-36)37-30-31-48-43(32-37)40-18-6-11-23-47(40)56(48)45-21-9-4-16-38(45)39-17-5-10-22-46(39)56/h1-33H. The molecule has 0 saturated heterocycles. The zero-order valence-corrected chi connectivity index (χ0v) is 31.4. The molecule has 0 amide bonds. The van der Waals surface area contributed by atoms with Crippen LogP contribution in [0.3, 0.4) is 0 Å². The average molecular weight is 736 g/mol. The number of hydrogen-bond donors (Lipinski definition) is 0. The second-order valence-electron chi connectivity index (χ2n) is 15.7. The molecule has 2 aliphatic rings. The topological polar surface area (TPSA) is 26.0 Å². The van der Waals surface area contributed by atoms with Gasteiger partial charge in [-0.15, -0.1) is 0 Å². The number of furan rings is 1. The third kappa shape index (κ3) is 4.13. The van der Waals surface area contributed by atoms with Crippen LogP contribution in [0, 0.1) is 0 Å². The second kappa shape index (κ2) is 11.7. The molecule has 0 aliphatic heterocycles. The van der Waals surface area contributed by atoms with E-state index in [1.807, 2.05) is 6.07 Å². The lowest BCUT2D eigenvalue weighted by Crippen LogP contribution is -2.25. The molecular formula is C56H33NO. The van der Waals surface area contributed by atoms with Crippen LogP contribution in [-0.4, -0.2) is 4.98 Å². The number of fused-ring (bicyclic) bond motifs is 16. The van der Waals surface area contributed by atoms with Crippen molar-refractivity contribution < 1.29 is 4.42 Å². The number of benzene rings is 9. The molecule has 0 unspecified atom stereocenters. The zero-order chi connectivity index (χ0) is 38.0. The molecule has 2 heterocycles. The van der Waals surface area contributed by atoms with E-state index in [0.717, 1.165) is 55.0 Å². The molecule has 2 nitrogen and oxygen atoms in total. The van der Waals surface area contributed by atoms with Gasteiger partial charge in [-0.05, 0) is 85.5 Å². The average Bonchev–Trinajstić information content (AvgIpc) is 3.92. The van der Waals surface area contributed by atoms with E-state index in [1.54, 1.807) is 0 Å². The van der Waals surface area contributed by atoms with Gasteiger partial charge in [-0.1, -0.05) is 176 Å². The Hall–Kier alpha value is -7.55. The number of para-hydroxylation sites is 2. The summed E-state index contributed by atoms with van der Waals surface area (Å²) < 4.78 is 6.61. The summed E-state index contributed by atoms with van der Waals surface area (Å²) in [4.78, 5) is 5.38. The summed E-state index contributed by atoms with van der Waals surface area (Å²) in [7, 11) is 0. The van der Waals surface area contributed by atoms with E-state index >= 15 is 0 Å². The highest BCUT2D eigenvalue weighted by atomic mass is 16.3. The predicted octanol–water partition coefficient (Wildman–Crippen LogP) is 14.6. The van der Waals surface area contributed by atoms with Gasteiger partial charge in [-0.2, -0.15) is 0 Å². The van der Waals surface area contributed by atoms with Crippen LogP contribution in [0.2, 0.25) is 0 Å². The van der Waals surface area contributed by atoms with Gasteiger partial charge in [0.2, 0.25) is 0 Å². The van der Waals surface area contributed by atoms with Gasteiger partial charge in [-0.3, -0.25) is 0 Å². The molecule has 9 aromatic carbocycles. The Kier molecular flexibility index (Phi) is 6.40. The van der Waals surface area contributed by atoms with Crippen LogP contribution in [-0.2, 0) is 5.41 Å². The zero-order valence-electron chi connectivity index (χ0n) is 31.4. The largest absolute Gasteiger partial charge is 0.456 e. The first-order valence-electron chi connectivity index (χ1n) is 20.0. The molecule has 2 aromatic heterocycles. The quantitative estimate of drug-likeness (QED) is 0.169. The number of nitrogens with zero attached hydrogens (tertiary/aromatic N) is 1. The smallest absolute Gasteiger partial charge is 0.136 e. The Morgan fingerprint density at radius 3 is 1.62 bits per heavy atom. The first kappa shape index (κ1) is 31.6. The van der Waals surface area contributed by atoms with E-state index in [2.05, 4.69) is 194 Å². The van der Waals surface area contributed by atoms with Crippen molar-refractivity contribution in [3.05, 3.63) is 222 Å². The molecule has 0 fully saturated rings. The molecule has 0 N–H and O–H groups in total. The van der Waals surface area contributed by atoms with E-state index < -0.39 is 0 Å². The first-order valence-corrected chi connectivity index (χ1v) is 20.0. The Bertz CT molecular complexity index is 3460. The SMILES string of the molecule is c1ccc(-c2c3c(cc4c(-c5ccc(-c6ccc7c(c6)-c6ccccc6C76c7ccccc7-c7ccccc76)cc5)nc5ccccc5c24)oc2ccccc23)cc1. The molecule has 0 saturated carbocycles. The third-order valence-electron chi connectivity index (χ3n) is 12.9. The molecule has 0 bridgehead atoms. The van der Waals surface area contributed by atoms with Gasteiger partial charge >= 0.3 is 0 Å². The maximum Gasteiger partial charge on any atom is 0.136 e. The van der Waals surface area contributed by atoms with Gasteiger partial charge in [-0.25, -0.2) is 4.98 Å². The maximum atomic E-state index is 6.61. The number of aromatic nitrogens is 1. The molecular weight excluding hydrogens is 703 g/mol. The van der Waals surface area contributed by atoms with Crippen molar-refractivity contribution in [1.29, 1.82) is 0 Å². The van der Waals surface area contributed by atoms with Gasteiger partial charge in [0.05, 0.1) is 16.6 Å². The van der Waals surface area contributed by atoms with Gasteiger partial charge in [0.15, 0.2) is 0 Å². The molecule has 0 radical (unpaired) electrons. The minimum absolute atomic E-state index is 0.339. The minimum atomic E-state index is -0.339. The van der Waals surface area contributed by atoms with Crippen molar-refractivity contribution in [1.82, 2.24) is 4.98 Å². The van der Waals surface area contributed by atoms with E-state index in [1.165, 1.54) is 66.6 Å². The van der Waals surface area contributed by atoms with Crippen molar-refractivity contribution in [3.8, 4) is 55.8 Å². The summed E-state index contributed by atoms with van der Waals surface area (Å²) in [6, 6.07) is 73.0. The molecule has 13 rings (SSSR count). The Balaban J connectivity index is 0.999. The normalized spacial score (nSPS) is 13.3. The van der Waals surface area contributed by atoms with E-state index in [0.29, 0.717) is 0 Å². The van der Waals surface area contributed by atoms with E-state index in [-0.39, 0.29) is 5.41 Å². The maximum absolute atomic E-state index is 6.61. The van der Waals surface area contributed by atoms with Crippen molar-refractivity contribution >= 4 is 43.6 Å². The lowest BCUT2D eigenvalue weighted by Gasteiger charge is -2.30. The van der Waals surface area contributed by atoms with Gasteiger partial charge in [0, 0.05) is 38.1 Å². The summed E-state index contributed by atoms with van der Waals surface area (Å²) >= 11 is 0. The van der Waals surface area contributed by atoms with Crippen LogP contribution in [0.4, 0.5) is 0 Å². The highest BCUT2D eigenvalue weighted by Gasteiger charge is 2.51. The predicted molar refractivity (Wildman–Crippen MR) is 239 cm³/mol. The molecule has 11 aromatic rings.